The van der Waals surface area contributed by atoms with E-state index in [0.29, 0.717) is 18.8 Å². The predicted octanol–water partition coefficient (Wildman–Crippen LogP) is 2.72. The van der Waals surface area contributed by atoms with Crippen molar-refractivity contribution < 1.29 is 14.3 Å². The van der Waals surface area contributed by atoms with Gasteiger partial charge in [-0.1, -0.05) is 0 Å². The number of nitrogens with two attached hydrogens (primary N) is 1. The Morgan fingerprint density at radius 2 is 1.91 bits per heavy atom. The number of amides is 1. The summed E-state index contributed by atoms with van der Waals surface area (Å²) in [6.07, 6.45) is 0.632. The fraction of sp³-hybridized carbons (Fsp3) is 0.588. The number of benzene rings is 1. The zero-order valence-electron chi connectivity index (χ0n) is 14.5. The highest BCUT2D eigenvalue weighted by atomic mass is 16.6. The van der Waals surface area contributed by atoms with E-state index in [1.807, 2.05) is 39.0 Å². The van der Waals surface area contributed by atoms with Crippen molar-refractivity contribution in [2.75, 3.05) is 43.9 Å². The maximum atomic E-state index is 12.2. The molecule has 1 aromatic carbocycles. The molecule has 1 aromatic rings. The van der Waals surface area contributed by atoms with Gasteiger partial charge in [-0.05, 0) is 39.3 Å². The van der Waals surface area contributed by atoms with Crippen LogP contribution < -0.4 is 15.4 Å². The molecule has 0 saturated carbocycles. The van der Waals surface area contributed by atoms with Crippen LogP contribution in [0, 0.1) is 0 Å². The third kappa shape index (κ3) is 4.68. The maximum Gasteiger partial charge on any atom is 0.410 e. The molecule has 2 rings (SSSR count). The molecule has 0 aromatic heterocycles. The van der Waals surface area contributed by atoms with Gasteiger partial charge < -0.3 is 25.0 Å². The van der Waals surface area contributed by atoms with E-state index in [4.69, 9.17) is 15.2 Å². The average Bonchev–Trinajstić information content (AvgIpc) is 2.71. The monoisotopic (exact) mass is 321 g/mol. The molecule has 6 heteroatoms. The minimum Gasteiger partial charge on any atom is -0.497 e. The number of ether oxygens (including phenoxy) is 2. The number of nitrogens with zero attached hydrogens (tertiary/aromatic N) is 2. The summed E-state index contributed by atoms with van der Waals surface area (Å²) in [6.45, 7) is 8.56. The zero-order valence-corrected chi connectivity index (χ0v) is 14.5. The first kappa shape index (κ1) is 17.2. The van der Waals surface area contributed by atoms with Crippen molar-refractivity contribution in [1.29, 1.82) is 0 Å². The molecule has 0 bridgehead atoms. The second kappa shape index (κ2) is 6.98. The minimum atomic E-state index is -0.469. The van der Waals surface area contributed by atoms with Gasteiger partial charge in [-0.3, -0.25) is 0 Å². The summed E-state index contributed by atoms with van der Waals surface area (Å²) >= 11 is 0. The highest BCUT2D eigenvalue weighted by Gasteiger charge is 2.25. The molecular formula is C17H27N3O3. The van der Waals surface area contributed by atoms with E-state index in [1.165, 1.54) is 0 Å². The minimum absolute atomic E-state index is 0.248. The van der Waals surface area contributed by atoms with E-state index >= 15 is 0 Å². The average molecular weight is 321 g/mol. The van der Waals surface area contributed by atoms with Gasteiger partial charge in [-0.2, -0.15) is 0 Å². The van der Waals surface area contributed by atoms with Crippen LogP contribution >= 0.6 is 0 Å². The predicted molar refractivity (Wildman–Crippen MR) is 92.0 cm³/mol. The third-order valence-electron chi connectivity index (χ3n) is 3.72. The molecular weight excluding hydrogens is 294 g/mol. The molecule has 1 aliphatic rings. The van der Waals surface area contributed by atoms with Crippen LogP contribution in [0.4, 0.5) is 16.2 Å². The van der Waals surface area contributed by atoms with Crippen LogP contribution in [-0.4, -0.2) is 49.9 Å². The normalized spacial score (nSPS) is 16.0. The zero-order chi connectivity index (χ0) is 17.0. The summed E-state index contributed by atoms with van der Waals surface area (Å²) in [5, 5.41) is 0. The fourth-order valence-electron chi connectivity index (χ4n) is 2.61. The first-order chi connectivity index (χ1) is 10.8. The van der Waals surface area contributed by atoms with Gasteiger partial charge in [0, 0.05) is 32.2 Å². The van der Waals surface area contributed by atoms with Crippen molar-refractivity contribution in [2.45, 2.75) is 32.8 Å². The van der Waals surface area contributed by atoms with Crippen LogP contribution in [0.15, 0.2) is 18.2 Å². The van der Waals surface area contributed by atoms with Gasteiger partial charge in [0.05, 0.1) is 18.5 Å². The number of hydrogen-bond acceptors (Lipinski definition) is 5. The van der Waals surface area contributed by atoms with Crippen molar-refractivity contribution in [3.8, 4) is 5.75 Å². The Morgan fingerprint density at radius 3 is 2.52 bits per heavy atom. The molecule has 1 amide bonds. The summed E-state index contributed by atoms with van der Waals surface area (Å²) in [7, 11) is 1.62. The number of anilines is 2. The first-order valence-electron chi connectivity index (χ1n) is 7.96. The number of nitrogen functional groups attached to an aromatic ring is 1. The Morgan fingerprint density at radius 1 is 1.17 bits per heavy atom. The summed E-state index contributed by atoms with van der Waals surface area (Å²) in [4.78, 5) is 16.2. The Hall–Kier alpha value is -2.11. The summed E-state index contributed by atoms with van der Waals surface area (Å²) in [5.41, 5.74) is 7.33. The van der Waals surface area contributed by atoms with Crippen molar-refractivity contribution in [2.24, 2.45) is 0 Å². The Bertz CT molecular complexity index is 555. The molecule has 128 valence electrons. The lowest BCUT2D eigenvalue weighted by atomic mass is 10.2. The SMILES string of the molecule is COc1ccc(N2CCCN(C(=O)OC(C)(C)C)CC2)c(N)c1. The van der Waals surface area contributed by atoms with Gasteiger partial charge in [-0.15, -0.1) is 0 Å². The molecule has 0 aliphatic carbocycles. The van der Waals surface area contributed by atoms with E-state index in [-0.39, 0.29) is 6.09 Å². The van der Waals surface area contributed by atoms with Crippen LogP contribution in [0.25, 0.3) is 0 Å². The van der Waals surface area contributed by atoms with Gasteiger partial charge in [0.1, 0.15) is 11.4 Å². The van der Waals surface area contributed by atoms with Crippen LogP contribution in [0.2, 0.25) is 0 Å². The molecule has 0 unspecified atom stereocenters. The van der Waals surface area contributed by atoms with Gasteiger partial charge in [0.2, 0.25) is 0 Å². The van der Waals surface area contributed by atoms with E-state index < -0.39 is 5.60 Å². The van der Waals surface area contributed by atoms with Gasteiger partial charge in [0.25, 0.3) is 0 Å². The Balaban J connectivity index is 2.02. The molecule has 0 spiro atoms. The summed E-state index contributed by atoms with van der Waals surface area (Å²) in [6, 6.07) is 5.70. The molecule has 1 fully saturated rings. The van der Waals surface area contributed by atoms with E-state index in [9.17, 15) is 4.79 Å². The highest BCUT2D eigenvalue weighted by Crippen LogP contribution is 2.28. The molecule has 1 saturated heterocycles. The Labute approximate surface area is 138 Å². The highest BCUT2D eigenvalue weighted by molar-refractivity contribution is 5.71. The number of rotatable bonds is 2. The number of methoxy groups -OCH3 is 1. The number of hydrogen-bond donors (Lipinski definition) is 1. The van der Waals surface area contributed by atoms with E-state index in [0.717, 1.165) is 30.9 Å². The van der Waals surface area contributed by atoms with Gasteiger partial charge in [-0.25, -0.2) is 4.79 Å². The number of carbonyl (C=O) groups is 1. The van der Waals surface area contributed by atoms with Gasteiger partial charge >= 0.3 is 6.09 Å². The van der Waals surface area contributed by atoms with Crippen molar-refractivity contribution in [3.05, 3.63) is 18.2 Å². The maximum absolute atomic E-state index is 12.2. The third-order valence-corrected chi connectivity index (χ3v) is 3.72. The molecule has 1 aliphatic heterocycles. The van der Waals surface area contributed by atoms with Crippen LogP contribution in [0.5, 0.6) is 5.75 Å². The summed E-state index contributed by atoms with van der Waals surface area (Å²) in [5.74, 6) is 0.747. The lowest BCUT2D eigenvalue weighted by molar-refractivity contribution is 0.0263. The molecule has 6 nitrogen and oxygen atoms in total. The molecule has 23 heavy (non-hydrogen) atoms. The van der Waals surface area contributed by atoms with E-state index in [1.54, 1.807) is 12.0 Å². The van der Waals surface area contributed by atoms with E-state index in [2.05, 4.69) is 4.90 Å². The standard InChI is InChI=1S/C17H27N3O3/c1-17(2,3)23-16(21)20-9-5-8-19(10-11-20)15-7-6-13(22-4)12-14(15)18/h6-7,12H,5,8-11,18H2,1-4H3. The largest absolute Gasteiger partial charge is 0.497 e. The smallest absolute Gasteiger partial charge is 0.410 e. The molecule has 0 atom stereocenters. The molecule has 1 heterocycles. The fourth-order valence-corrected chi connectivity index (χ4v) is 2.61. The first-order valence-corrected chi connectivity index (χ1v) is 7.96. The quantitative estimate of drug-likeness (QED) is 0.848. The number of carbonyl (C=O) groups excluding carboxylic acids is 1. The Kier molecular flexibility index (Phi) is 5.23. The van der Waals surface area contributed by atoms with Crippen molar-refractivity contribution in [3.63, 3.8) is 0 Å². The second-order valence-corrected chi connectivity index (χ2v) is 6.73. The van der Waals surface area contributed by atoms with Crippen molar-refractivity contribution in [1.82, 2.24) is 4.90 Å². The van der Waals surface area contributed by atoms with Crippen LogP contribution in [-0.2, 0) is 4.74 Å². The van der Waals surface area contributed by atoms with Crippen LogP contribution in [0.1, 0.15) is 27.2 Å². The molecule has 2 N–H and O–H groups in total. The lowest BCUT2D eigenvalue weighted by Crippen LogP contribution is -2.39. The van der Waals surface area contributed by atoms with Gasteiger partial charge in [0.15, 0.2) is 0 Å². The summed E-state index contributed by atoms with van der Waals surface area (Å²) < 4.78 is 10.6. The van der Waals surface area contributed by atoms with Crippen molar-refractivity contribution >= 4 is 17.5 Å². The lowest BCUT2D eigenvalue weighted by Gasteiger charge is -2.27. The van der Waals surface area contributed by atoms with Crippen LogP contribution in [0.3, 0.4) is 0 Å². The topological polar surface area (TPSA) is 68.0 Å². The molecule has 0 radical (unpaired) electrons. The second-order valence-electron chi connectivity index (χ2n) is 6.73.